The summed E-state index contributed by atoms with van der Waals surface area (Å²) in [5, 5.41) is 3.68. The summed E-state index contributed by atoms with van der Waals surface area (Å²) in [5.41, 5.74) is 0.269. The molecule has 118 valence electrons. The van der Waals surface area contributed by atoms with Gasteiger partial charge in [-0.2, -0.15) is 0 Å². The Morgan fingerprint density at radius 1 is 1.00 bits per heavy atom. The number of hydrogen-bond acceptors (Lipinski definition) is 2. The quantitative estimate of drug-likeness (QED) is 0.817. The molecule has 0 aromatic carbocycles. The number of rotatable bonds is 5. The highest BCUT2D eigenvalue weighted by Crippen LogP contribution is 2.32. The summed E-state index contributed by atoms with van der Waals surface area (Å²) in [6.07, 6.45) is 10.1. The van der Waals surface area contributed by atoms with Crippen molar-refractivity contribution in [1.29, 1.82) is 0 Å². The van der Waals surface area contributed by atoms with Crippen LogP contribution in [0.3, 0.4) is 0 Å². The molecule has 2 heteroatoms. The molecule has 0 amide bonds. The van der Waals surface area contributed by atoms with E-state index in [2.05, 4.69) is 37.9 Å². The van der Waals surface area contributed by atoms with Crippen molar-refractivity contribution in [3.8, 4) is 0 Å². The molecule has 1 aliphatic heterocycles. The van der Waals surface area contributed by atoms with Crippen LogP contribution in [0.5, 0.6) is 0 Å². The zero-order valence-electron chi connectivity index (χ0n) is 14.3. The van der Waals surface area contributed by atoms with Gasteiger partial charge in [0.15, 0.2) is 0 Å². The minimum atomic E-state index is 0.269. The van der Waals surface area contributed by atoms with Gasteiger partial charge in [-0.3, -0.25) is 0 Å². The van der Waals surface area contributed by atoms with Crippen molar-refractivity contribution in [2.75, 3.05) is 19.6 Å². The smallest absolute Gasteiger partial charge is 0.00966 e. The molecule has 1 heterocycles. The van der Waals surface area contributed by atoms with E-state index in [-0.39, 0.29) is 5.54 Å². The molecule has 0 radical (unpaired) electrons. The van der Waals surface area contributed by atoms with E-state index in [0.717, 1.165) is 17.9 Å². The van der Waals surface area contributed by atoms with Crippen molar-refractivity contribution in [3.05, 3.63) is 0 Å². The van der Waals surface area contributed by atoms with E-state index in [1.54, 1.807) is 0 Å². The van der Waals surface area contributed by atoms with Crippen molar-refractivity contribution < 1.29 is 0 Å². The van der Waals surface area contributed by atoms with Crippen molar-refractivity contribution >= 4 is 0 Å². The highest BCUT2D eigenvalue weighted by molar-refractivity contribution is 4.86. The summed E-state index contributed by atoms with van der Waals surface area (Å²) in [6, 6.07) is 0.905. The summed E-state index contributed by atoms with van der Waals surface area (Å²) < 4.78 is 0. The van der Waals surface area contributed by atoms with Crippen molar-refractivity contribution in [1.82, 2.24) is 10.2 Å². The average molecular weight is 281 g/mol. The molecule has 1 atom stereocenters. The molecule has 0 bridgehead atoms. The maximum atomic E-state index is 3.68. The van der Waals surface area contributed by atoms with Gasteiger partial charge in [0, 0.05) is 18.1 Å². The van der Waals surface area contributed by atoms with Gasteiger partial charge in [0.2, 0.25) is 0 Å². The Morgan fingerprint density at radius 2 is 1.70 bits per heavy atom. The Morgan fingerprint density at radius 3 is 2.30 bits per heavy atom. The van der Waals surface area contributed by atoms with Gasteiger partial charge < -0.3 is 10.2 Å². The van der Waals surface area contributed by atoms with E-state index in [1.807, 2.05) is 0 Å². The van der Waals surface area contributed by atoms with Gasteiger partial charge in [-0.1, -0.05) is 19.8 Å². The van der Waals surface area contributed by atoms with Gasteiger partial charge >= 0.3 is 0 Å². The van der Waals surface area contributed by atoms with E-state index in [0.29, 0.717) is 0 Å². The Hall–Kier alpha value is -0.0800. The van der Waals surface area contributed by atoms with Crippen molar-refractivity contribution in [2.45, 2.75) is 84.2 Å². The summed E-state index contributed by atoms with van der Waals surface area (Å²) >= 11 is 0. The molecule has 2 fully saturated rings. The number of likely N-dealkylation sites (tertiary alicyclic amines) is 1. The zero-order valence-corrected chi connectivity index (χ0v) is 14.3. The van der Waals surface area contributed by atoms with Crippen LogP contribution in [0.15, 0.2) is 0 Å². The van der Waals surface area contributed by atoms with Crippen LogP contribution in [-0.4, -0.2) is 36.1 Å². The van der Waals surface area contributed by atoms with Crippen LogP contribution in [0.2, 0.25) is 0 Å². The molecule has 0 aromatic rings. The van der Waals surface area contributed by atoms with E-state index >= 15 is 0 Å². The Balaban J connectivity index is 1.68. The third-order valence-electron chi connectivity index (χ3n) is 5.27. The maximum absolute atomic E-state index is 3.68. The fourth-order valence-corrected chi connectivity index (χ4v) is 4.02. The molecular formula is C18H36N2. The lowest BCUT2D eigenvalue weighted by molar-refractivity contribution is 0.155. The monoisotopic (exact) mass is 280 g/mol. The first-order chi connectivity index (χ1) is 9.48. The van der Waals surface area contributed by atoms with Crippen molar-refractivity contribution in [2.24, 2.45) is 11.8 Å². The minimum absolute atomic E-state index is 0.269. The van der Waals surface area contributed by atoms with Crippen LogP contribution >= 0.6 is 0 Å². The first kappa shape index (κ1) is 16.3. The lowest BCUT2D eigenvalue weighted by Crippen LogP contribution is -2.41. The zero-order chi connectivity index (χ0) is 14.6. The molecule has 0 aromatic heterocycles. The fraction of sp³-hybridized carbons (Fsp3) is 1.00. The summed E-state index contributed by atoms with van der Waals surface area (Å²) in [7, 11) is 0. The standard InChI is InChI=1S/C18H36N2/c1-5-6-15-7-9-17(10-8-15)20-12-11-16(14-20)13-19-18(2,3)4/h15-17,19H,5-14H2,1-4H3. The van der Waals surface area contributed by atoms with Crippen LogP contribution in [0.4, 0.5) is 0 Å². The van der Waals surface area contributed by atoms with Gasteiger partial charge in [0.25, 0.3) is 0 Å². The van der Waals surface area contributed by atoms with E-state index in [9.17, 15) is 0 Å². The maximum Gasteiger partial charge on any atom is 0.00966 e. The highest BCUT2D eigenvalue weighted by atomic mass is 15.2. The summed E-state index contributed by atoms with van der Waals surface area (Å²) in [6.45, 7) is 13.0. The second-order valence-electron chi connectivity index (χ2n) is 8.24. The van der Waals surface area contributed by atoms with Crippen LogP contribution in [0.25, 0.3) is 0 Å². The van der Waals surface area contributed by atoms with Gasteiger partial charge in [0.1, 0.15) is 0 Å². The van der Waals surface area contributed by atoms with E-state index < -0.39 is 0 Å². The van der Waals surface area contributed by atoms with Crippen LogP contribution in [0.1, 0.15) is 72.6 Å². The van der Waals surface area contributed by atoms with E-state index in [4.69, 9.17) is 0 Å². The number of nitrogens with zero attached hydrogens (tertiary/aromatic N) is 1. The minimum Gasteiger partial charge on any atom is -0.312 e. The SMILES string of the molecule is CCCC1CCC(N2CCC(CNC(C)(C)C)C2)CC1. The predicted octanol–water partition coefficient (Wildman–Crippen LogP) is 4.06. The van der Waals surface area contributed by atoms with E-state index in [1.165, 1.54) is 64.6 Å². The largest absolute Gasteiger partial charge is 0.312 e. The first-order valence-electron chi connectivity index (χ1n) is 8.97. The number of nitrogens with one attached hydrogen (secondary N) is 1. The number of hydrogen-bond donors (Lipinski definition) is 1. The Kier molecular flexibility index (Phi) is 5.92. The molecular weight excluding hydrogens is 244 g/mol. The van der Waals surface area contributed by atoms with Crippen molar-refractivity contribution in [3.63, 3.8) is 0 Å². The van der Waals surface area contributed by atoms with Crippen LogP contribution in [-0.2, 0) is 0 Å². The van der Waals surface area contributed by atoms with Gasteiger partial charge in [-0.15, -0.1) is 0 Å². The molecule has 1 aliphatic carbocycles. The molecule has 2 nitrogen and oxygen atoms in total. The first-order valence-corrected chi connectivity index (χ1v) is 8.97. The third-order valence-corrected chi connectivity index (χ3v) is 5.27. The van der Waals surface area contributed by atoms with Crippen LogP contribution < -0.4 is 5.32 Å². The van der Waals surface area contributed by atoms with Crippen LogP contribution in [0, 0.1) is 11.8 Å². The third kappa shape index (κ3) is 5.04. The van der Waals surface area contributed by atoms with Gasteiger partial charge in [0.05, 0.1) is 0 Å². The molecule has 1 unspecified atom stereocenters. The summed E-state index contributed by atoms with van der Waals surface area (Å²) in [5.74, 6) is 1.92. The van der Waals surface area contributed by atoms with Gasteiger partial charge in [-0.25, -0.2) is 0 Å². The molecule has 2 aliphatic rings. The molecule has 1 N–H and O–H groups in total. The normalized spacial score (nSPS) is 32.7. The highest BCUT2D eigenvalue weighted by Gasteiger charge is 2.31. The average Bonchev–Trinajstić information content (AvgIpc) is 2.86. The second-order valence-corrected chi connectivity index (χ2v) is 8.24. The predicted molar refractivity (Wildman–Crippen MR) is 88.1 cm³/mol. The molecule has 2 rings (SSSR count). The fourth-order valence-electron chi connectivity index (χ4n) is 4.02. The topological polar surface area (TPSA) is 15.3 Å². The molecule has 20 heavy (non-hydrogen) atoms. The molecule has 0 spiro atoms. The Bertz CT molecular complexity index is 274. The summed E-state index contributed by atoms with van der Waals surface area (Å²) in [4.78, 5) is 2.80. The molecule has 1 saturated heterocycles. The Labute approximate surface area is 126 Å². The lowest BCUT2D eigenvalue weighted by Gasteiger charge is -2.35. The van der Waals surface area contributed by atoms with Gasteiger partial charge in [-0.05, 0) is 77.8 Å². The molecule has 1 saturated carbocycles. The second kappa shape index (κ2) is 7.26. The lowest BCUT2D eigenvalue weighted by atomic mass is 9.83.